The van der Waals surface area contributed by atoms with Crippen molar-refractivity contribution in [1.82, 2.24) is 14.5 Å². The molecule has 1 aromatic heterocycles. The maximum absolute atomic E-state index is 12.3. The highest BCUT2D eigenvalue weighted by molar-refractivity contribution is 9.10. The van der Waals surface area contributed by atoms with Gasteiger partial charge in [-0.05, 0) is 42.8 Å². The van der Waals surface area contributed by atoms with E-state index in [1.54, 1.807) is 17.3 Å². The van der Waals surface area contributed by atoms with Gasteiger partial charge >= 0.3 is 5.69 Å². The summed E-state index contributed by atoms with van der Waals surface area (Å²) in [6.07, 6.45) is 12.6. The Balaban J connectivity index is 2.01. The predicted octanol–water partition coefficient (Wildman–Crippen LogP) is 3.10. The number of nitrogens with zero attached hydrogens (tertiary/aromatic N) is 4. The molecule has 1 aromatic carbocycles. The Morgan fingerprint density at radius 2 is 1.82 bits per heavy atom. The van der Waals surface area contributed by atoms with E-state index in [1.165, 1.54) is 10.9 Å². The smallest absolute Gasteiger partial charge is 0.293 e. The van der Waals surface area contributed by atoms with Crippen LogP contribution in [0.2, 0.25) is 0 Å². The summed E-state index contributed by atoms with van der Waals surface area (Å²) < 4.78 is 2.40. The lowest BCUT2D eigenvalue weighted by atomic mass is 10.2. The molecule has 0 radical (unpaired) electrons. The number of hydrogen-bond donors (Lipinski definition) is 0. The topological polar surface area (TPSA) is 51.0 Å². The summed E-state index contributed by atoms with van der Waals surface area (Å²) in [6.45, 7) is 1.94. The minimum absolute atomic E-state index is 0.340. The summed E-state index contributed by atoms with van der Waals surface area (Å²) in [5, 5.41) is 0. The normalized spacial score (nSPS) is 13.5. The van der Waals surface area contributed by atoms with Gasteiger partial charge < -0.3 is 0 Å². The van der Waals surface area contributed by atoms with Gasteiger partial charge in [0, 0.05) is 16.9 Å². The zero-order valence-electron chi connectivity index (χ0n) is 11.8. The van der Waals surface area contributed by atoms with Gasteiger partial charge in [0.05, 0.1) is 5.69 Å². The fraction of sp³-hybridized carbons (Fsp3) is 0.0625. The van der Waals surface area contributed by atoms with Crippen LogP contribution in [0.25, 0.3) is 5.69 Å². The molecule has 0 saturated heterocycles. The first kappa shape index (κ1) is 14.5. The molecule has 2 aromatic rings. The van der Waals surface area contributed by atoms with Gasteiger partial charge in [-0.15, -0.1) is 0 Å². The molecule has 0 unspecified atom stereocenters. The first-order valence-corrected chi connectivity index (χ1v) is 7.47. The van der Waals surface area contributed by atoms with Gasteiger partial charge in [0.2, 0.25) is 5.95 Å². The lowest BCUT2D eigenvalue weighted by Crippen LogP contribution is -2.25. The Morgan fingerprint density at radius 3 is 2.45 bits per heavy atom. The number of aryl methyl sites for hydroxylation is 1. The molecule has 5 nitrogen and oxygen atoms in total. The molecule has 0 N–H and O–H groups in total. The van der Waals surface area contributed by atoms with Gasteiger partial charge in [-0.2, -0.15) is 4.98 Å². The van der Waals surface area contributed by atoms with Crippen molar-refractivity contribution in [2.45, 2.75) is 6.92 Å². The monoisotopic (exact) mass is 356 g/mol. The van der Waals surface area contributed by atoms with Crippen LogP contribution in [0.15, 0.2) is 70.5 Å². The van der Waals surface area contributed by atoms with E-state index >= 15 is 0 Å². The number of allylic oxidation sites excluding steroid dienone is 4. The lowest BCUT2D eigenvalue weighted by Gasteiger charge is -2.13. The number of anilines is 1. The van der Waals surface area contributed by atoms with Crippen LogP contribution in [-0.2, 0) is 0 Å². The van der Waals surface area contributed by atoms with Crippen LogP contribution in [-0.4, -0.2) is 14.5 Å². The highest BCUT2D eigenvalue weighted by Gasteiger charge is 2.09. The molecule has 110 valence electrons. The Bertz CT molecular complexity index is 835. The van der Waals surface area contributed by atoms with Crippen molar-refractivity contribution in [3.8, 4) is 5.69 Å². The third-order valence-corrected chi connectivity index (χ3v) is 3.66. The minimum atomic E-state index is -0.366. The second-order valence-corrected chi connectivity index (χ2v) is 5.63. The van der Waals surface area contributed by atoms with Crippen LogP contribution in [0.5, 0.6) is 0 Å². The van der Waals surface area contributed by atoms with Crippen molar-refractivity contribution in [1.29, 1.82) is 0 Å². The van der Waals surface area contributed by atoms with Crippen LogP contribution in [0, 0.1) is 6.92 Å². The lowest BCUT2D eigenvalue weighted by molar-refractivity contribution is 0.844. The van der Waals surface area contributed by atoms with E-state index in [-0.39, 0.29) is 5.69 Å². The SMILES string of the molecule is Cc1cc(Br)ccc1-n1cnc(N2C=CC=CC=C2)nc1=O. The van der Waals surface area contributed by atoms with Crippen LogP contribution in [0.3, 0.4) is 0 Å². The van der Waals surface area contributed by atoms with Crippen LogP contribution in [0.4, 0.5) is 5.95 Å². The van der Waals surface area contributed by atoms with Crippen molar-refractivity contribution in [3.63, 3.8) is 0 Å². The van der Waals surface area contributed by atoms with Gasteiger partial charge in [-0.3, -0.25) is 9.47 Å². The molecular formula is C16H13BrN4O. The second-order valence-electron chi connectivity index (χ2n) is 4.71. The Hall–Kier alpha value is -2.47. The van der Waals surface area contributed by atoms with E-state index in [0.29, 0.717) is 5.95 Å². The molecule has 0 saturated carbocycles. The summed E-state index contributed by atoms with van der Waals surface area (Å²) in [5.41, 5.74) is 1.37. The van der Waals surface area contributed by atoms with E-state index in [0.717, 1.165) is 15.7 Å². The van der Waals surface area contributed by atoms with Gasteiger partial charge in [0.15, 0.2) is 0 Å². The maximum atomic E-state index is 12.3. The first-order chi connectivity index (χ1) is 10.6. The molecule has 3 rings (SSSR count). The second kappa shape index (κ2) is 6.11. The molecule has 0 aliphatic carbocycles. The zero-order chi connectivity index (χ0) is 15.5. The molecule has 0 bridgehead atoms. The number of aromatic nitrogens is 3. The number of rotatable bonds is 2. The van der Waals surface area contributed by atoms with E-state index in [1.807, 2.05) is 49.4 Å². The zero-order valence-corrected chi connectivity index (χ0v) is 13.4. The van der Waals surface area contributed by atoms with Crippen molar-refractivity contribution in [2.24, 2.45) is 0 Å². The fourth-order valence-corrected chi connectivity index (χ4v) is 2.58. The minimum Gasteiger partial charge on any atom is -0.293 e. The van der Waals surface area contributed by atoms with Crippen molar-refractivity contribution in [2.75, 3.05) is 4.90 Å². The predicted molar refractivity (Wildman–Crippen MR) is 90.0 cm³/mol. The molecular weight excluding hydrogens is 344 g/mol. The van der Waals surface area contributed by atoms with Gasteiger partial charge in [-0.25, -0.2) is 9.78 Å². The molecule has 0 atom stereocenters. The third kappa shape index (κ3) is 2.92. The molecule has 0 spiro atoms. The number of hydrogen-bond acceptors (Lipinski definition) is 4. The Labute approximate surface area is 136 Å². The molecule has 1 aliphatic rings. The molecule has 1 aliphatic heterocycles. The van der Waals surface area contributed by atoms with E-state index in [9.17, 15) is 4.79 Å². The Kier molecular flexibility index (Phi) is 4.02. The summed E-state index contributed by atoms with van der Waals surface area (Å²) in [5.74, 6) is 0.340. The first-order valence-electron chi connectivity index (χ1n) is 6.67. The summed E-state index contributed by atoms with van der Waals surface area (Å²) in [7, 11) is 0. The van der Waals surface area contributed by atoms with Crippen molar-refractivity contribution >= 4 is 21.9 Å². The number of halogens is 1. The van der Waals surface area contributed by atoms with Gasteiger partial charge in [0.25, 0.3) is 0 Å². The van der Waals surface area contributed by atoms with Gasteiger partial charge in [0.1, 0.15) is 6.33 Å². The standard InChI is InChI=1S/C16H13BrN4O/c1-12-10-13(17)6-7-14(12)21-11-18-15(19-16(21)22)20-8-4-2-3-5-9-20/h2-11H,1H3. The van der Waals surface area contributed by atoms with Crippen molar-refractivity contribution in [3.05, 3.63) is 81.8 Å². The van der Waals surface area contributed by atoms with Crippen LogP contribution < -0.4 is 10.6 Å². The highest BCUT2D eigenvalue weighted by Crippen LogP contribution is 2.18. The molecule has 0 fully saturated rings. The quantitative estimate of drug-likeness (QED) is 0.829. The number of benzene rings is 1. The molecule has 2 heterocycles. The van der Waals surface area contributed by atoms with Crippen LogP contribution >= 0.6 is 15.9 Å². The average molecular weight is 357 g/mol. The molecule has 0 amide bonds. The highest BCUT2D eigenvalue weighted by atomic mass is 79.9. The van der Waals surface area contributed by atoms with Crippen LogP contribution in [0.1, 0.15) is 5.56 Å². The average Bonchev–Trinajstić information content (AvgIpc) is 2.77. The summed E-state index contributed by atoms with van der Waals surface area (Å²) in [6, 6.07) is 5.69. The summed E-state index contributed by atoms with van der Waals surface area (Å²) >= 11 is 3.41. The summed E-state index contributed by atoms with van der Waals surface area (Å²) in [4.78, 5) is 22.3. The van der Waals surface area contributed by atoms with E-state index < -0.39 is 0 Å². The third-order valence-electron chi connectivity index (χ3n) is 3.17. The van der Waals surface area contributed by atoms with E-state index in [2.05, 4.69) is 25.9 Å². The largest absolute Gasteiger partial charge is 0.356 e. The van der Waals surface area contributed by atoms with Crippen molar-refractivity contribution < 1.29 is 0 Å². The fourth-order valence-electron chi connectivity index (χ4n) is 2.10. The van der Waals surface area contributed by atoms with E-state index in [4.69, 9.17) is 0 Å². The molecule has 22 heavy (non-hydrogen) atoms. The Morgan fingerprint density at radius 1 is 1.09 bits per heavy atom. The molecule has 6 heteroatoms. The van der Waals surface area contributed by atoms with Gasteiger partial charge in [-0.1, -0.05) is 28.1 Å². The maximum Gasteiger partial charge on any atom is 0.356 e.